The van der Waals surface area contributed by atoms with E-state index in [1.54, 1.807) is 25.1 Å². The van der Waals surface area contributed by atoms with E-state index in [9.17, 15) is 9.59 Å². The summed E-state index contributed by atoms with van der Waals surface area (Å²) in [6.07, 6.45) is 0. The first-order chi connectivity index (χ1) is 9.31. The summed E-state index contributed by atoms with van der Waals surface area (Å²) in [5.74, 6) is -0.945. The first-order valence-corrected chi connectivity index (χ1v) is 7.36. The van der Waals surface area contributed by atoms with Crippen molar-refractivity contribution in [2.75, 3.05) is 6.61 Å². The molecule has 0 aliphatic rings. The lowest BCUT2D eigenvalue weighted by Gasteiger charge is -2.14. The molecule has 1 rings (SSSR count). The number of thioether (sulfide) groups is 1. The molecule has 0 fully saturated rings. The fourth-order valence-electron chi connectivity index (χ4n) is 1.46. The molecule has 0 aliphatic heterocycles. The number of aromatic carboxylic acids is 1. The average Bonchev–Trinajstić information content (AvgIpc) is 2.37. The SMILES string of the molecule is Cc1ccc(C(=O)O)cc1SC(C)C(=O)OCC(C)C. The Morgan fingerprint density at radius 1 is 1.30 bits per heavy atom. The molecule has 1 unspecified atom stereocenters. The van der Waals surface area contributed by atoms with E-state index in [1.807, 2.05) is 20.8 Å². The van der Waals surface area contributed by atoms with Gasteiger partial charge < -0.3 is 9.84 Å². The molecule has 0 heterocycles. The Hall–Kier alpha value is -1.49. The van der Waals surface area contributed by atoms with Crippen molar-refractivity contribution in [2.45, 2.75) is 37.8 Å². The van der Waals surface area contributed by atoms with Gasteiger partial charge in [-0.2, -0.15) is 0 Å². The molecule has 1 N–H and O–H groups in total. The number of esters is 1. The molecule has 0 amide bonds. The molecule has 110 valence electrons. The van der Waals surface area contributed by atoms with E-state index in [1.165, 1.54) is 11.8 Å². The number of carboxylic acids is 1. The molecule has 1 aromatic carbocycles. The van der Waals surface area contributed by atoms with Crippen LogP contribution in [0, 0.1) is 12.8 Å². The molecule has 0 saturated heterocycles. The zero-order valence-electron chi connectivity index (χ0n) is 12.2. The van der Waals surface area contributed by atoms with Crippen LogP contribution < -0.4 is 0 Å². The standard InChI is InChI=1S/C15H20O4S/c1-9(2)8-19-15(18)11(4)20-13-7-12(14(16)17)6-5-10(13)3/h5-7,9,11H,8H2,1-4H3,(H,16,17). The van der Waals surface area contributed by atoms with Crippen LogP contribution in [0.1, 0.15) is 36.7 Å². The largest absolute Gasteiger partial charge is 0.478 e. The van der Waals surface area contributed by atoms with Gasteiger partial charge in [-0.15, -0.1) is 11.8 Å². The normalized spacial score (nSPS) is 12.2. The van der Waals surface area contributed by atoms with Gasteiger partial charge in [0.1, 0.15) is 5.25 Å². The van der Waals surface area contributed by atoms with Crippen molar-refractivity contribution in [3.05, 3.63) is 29.3 Å². The van der Waals surface area contributed by atoms with Gasteiger partial charge in [-0.3, -0.25) is 4.79 Å². The van der Waals surface area contributed by atoms with Gasteiger partial charge in [0.15, 0.2) is 0 Å². The number of benzene rings is 1. The Kier molecular flexibility index (Phi) is 6.07. The highest BCUT2D eigenvalue weighted by atomic mass is 32.2. The number of hydrogen-bond donors (Lipinski definition) is 1. The molecule has 20 heavy (non-hydrogen) atoms. The Bertz CT molecular complexity index is 497. The predicted octanol–water partition coefficient (Wildman–Crippen LogP) is 3.37. The van der Waals surface area contributed by atoms with Crippen molar-refractivity contribution in [2.24, 2.45) is 5.92 Å². The van der Waals surface area contributed by atoms with Gasteiger partial charge in [0.05, 0.1) is 12.2 Å². The predicted molar refractivity (Wildman–Crippen MR) is 79.3 cm³/mol. The lowest BCUT2D eigenvalue weighted by atomic mass is 10.1. The maximum absolute atomic E-state index is 11.8. The smallest absolute Gasteiger partial charge is 0.335 e. The highest BCUT2D eigenvalue weighted by molar-refractivity contribution is 8.00. The number of ether oxygens (including phenoxy) is 1. The van der Waals surface area contributed by atoms with E-state index < -0.39 is 5.97 Å². The van der Waals surface area contributed by atoms with Gasteiger partial charge in [0.25, 0.3) is 0 Å². The minimum absolute atomic E-state index is 0.223. The molecule has 0 aliphatic carbocycles. The summed E-state index contributed by atoms with van der Waals surface area (Å²) >= 11 is 1.32. The van der Waals surface area contributed by atoms with Crippen LogP contribution in [0.4, 0.5) is 0 Å². The zero-order valence-corrected chi connectivity index (χ0v) is 13.0. The maximum atomic E-state index is 11.8. The van der Waals surface area contributed by atoms with Gasteiger partial charge in [0, 0.05) is 4.90 Å². The Labute approximate surface area is 123 Å². The summed E-state index contributed by atoms with van der Waals surface area (Å²) in [7, 11) is 0. The molecule has 0 radical (unpaired) electrons. The van der Waals surface area contributed by atoms with Crippen molar-refractivity contribution in [1.82, 2.24) is 0 Å². The molecule has 0 saturated carbocycles. The number of rotatable bonds is 6. The Balaban J connectivity index is 2.74. The van der Waals surface area contributed by atoms with E-state index in [-0.39, 0.29) is 16.8 Å². The van der Waals surface area contributed by atoms with Crippen LogP contribution in [0.2, 0.25) is 0 Å². The molecular weight excluding hydrogens is 276 g/mol. The zero-order chi connectivity index (χ0) is 15.3. The second-order valence-electron chi connectivity index (χ2n) is 5.07. The van der Waals surface area contributed by atoms with E-state index in [2.05, 4.69) is 0 Å². The molecular formula is C15H20O4S. The fourth-order valence-corrected chi connectivity index (χ4v) is 2.46. The first kappa shape index (κ1) is 16.6. The molecule has 5 heteroatoms. The molecule has 4 nitrogen and oxygen atoms in total. The third-order valence-electron chi connectivity index (χ3n) is 2.63. The van der Waals surface area contributed by atoms with Crippen molar-refractivity contribution in [1.29, 1.82) is 0 Å². The summed E-state index contributed by atoms with van der Waals surface area (Å²) in [6.45, 7) is 8.01. The maximum Gasteiger partial charge on any atom is 0.335 e. The minimum Gasteiger partial charge on any atom is -0.478 e. The molecule has 0 aromatic heterocycles. The summed E-state index contributed by atoms with van der Waals surface area (Å²) < 4.78 is 5.18. The van der Waals surface area contributed by atoms with E-state index in [0.717, 1.165) is 10.5 Å². The third kappa shape index (κ3) is 4.89. The van der Waals surface area contributed by atoms with Gasteiger partial charge >= 0.3 is 11.9 Å². The van der Waals surface area contributed by atoms with Crippen LogP contribution >= 0.6 is 11.8 Å². The average molecular weight is 296 g/mol. The highest BCUT2D eigenvalue weighted by Crippen LogP contribution is 2.28. The highest BCUT2D eigenvalue weighted by Gasteiger charge is 2.18. The third-order valence-corrected chi connectivity index (χ3v) is 3.87. The molecule has 0 bridgehead atoms. The summed E-state index contributed by atoms with van der Waals surface area (Å²) in [5, 5.41) is 8.62. The number of hydrogen-bond acceptors (Lipinski definition) is 4. The van der Waals surface area contributed by atoms with Crippen molar-refractivity contribution >= 4 is 23.7 Å². The van der Waals surface area contributed by atoms with Crippen molar-refractivity contribution < 1.29 is 19.4 Å². The quantitative estimate of drug-likeness (QED) is 0.644. The number of carbonyl (C=O) groups is 2. The van der Waals surface area contributed by atoms with Crippen LogP contribution in [0.25, 0.3) is 0 Å². The minimum atomic E-state index is -0.970. The van der Waals surface area contributed by atoms with Gasteiger partial charge in [0.2, 0.25) is 0 Å². The monoisotopic (exact) mass is 296 g/mol. The van der Waals surface area contributed by atoms with Crippen LogP contribution in [0.15, 0.2) is 23.1 Å². The van der Waals surface area contributed by atoms with E-state index in [0.29, 0.717) is 12.5 Å². The van der Waals surface area contributed by atoms with Gasteiger partial charge in [-0.25, -0.2) is 4.79 Å². The first-order valence-electron chi connectivity index (χ1n) is 6.48. The molecule has 0 spiro atoms. The Morgan fingerprint density at radius 3 is 2.50 bits per heavy atom. The van der Waals surface area contributed by atoms with Gasteiger partial charge in [-0.1, -0.05) is 19.9 Å². The second-order valence-corrected chi connectivity index (χ2v) is 6.45. The van der Waals surface area contributed by atoms with Crippen LogP contribution in [-0.2, 0) is 9.53 Å². The van der Waals surface area contributed by atoms with E-state index in [4.69, 9.17) is 9.84 Å². The van der Waals surface area contributed by atoms with Crippen LogP contribution in [0.5, 0.6) is 0 Å². The summed E-state index contributed by atoms with van der Waals surface area (Å²) in [5.41, 5.74) is 1.17. The Morgan fingerprint density at radius 2 is 1.95 bits per heavy atom. The molecule has 1 aromatic rings. The second kappa shape index (κ2) is 7.33. The lowest BCUT2D eigenvalue weighted by molar-refractivity contribution is -0.143. The number of carbonyl (C=O) groups excluding carboxylic acids is 1. The number of aryl methyl sites for hydroxylation is 1. The van der Waals surface area contributed by atoms with Crippen molar-refractivity contribution in [3.63, 3.8) is 0 Å². The van der Waals surface area contributed by atoms with Gasteiger partial charge in [-0.05, 0) is 37.5 Å². The van der Waals surface area contributed by atoms with Crippen LogP contribution in [0.3, 0.4) is 0 Å². The fraction of sp³-hybridized carbons (Fsp3) is 0.467. The summed E-state index contributed by atoms with van der Waals surface area (Å²) in [4.78, 5) is 23.6. The van der Waals surface area contributed by atoms with E-state index >= 15 is 0 Å². The lowest BCUT2D eigenvalue weighted by Crippen LogP contribution is -2.19. The number of carboxylic acid groups (broad SMARTS) is 1. The van der Waals surface area contributed by atoms with Crippen LogP contribution in [-0.4, -0.2) is 28.9 Å². The molecule has 1 atom stereocenters. The van der Waals surface area contributed by atoms with Crippen molar-refractivity contribution in [3.8, 4) is 0 Å². The topological polar surface area (TPSA) is 63.6 Å². The summed E-state index contributed by atoms with van der Waals surface area (Å²) in [6, 6.07) is 4.90.